The summed E-state index contributed by atoms with van der Waals surface area (Å²) < 4.78 is 13.1. The van der Waals surface area contributed by atoms with Crippen molar-refractivity contribution in [2.45, 2.75) is 239 Å². The number of hydrogen-bond donors (Lipinski definition) is 0. The molecule has 0 aromatic carbocycles. The predicted molar refractivity (Wildman–Crippen MR) is 185 cm³/mol. The molecule has 0 saturated heterocycles. The van der Waals surface area contributed by atoms with Gasteiger partial charge in [-0.05, 0) is 32.6 Å². The Bertz CT molecular complexity index is 464. The molecule has 0 aliphatic rings. The van der Waals surface area contributed by atoms with Gasteiger partial charge in [-0.25, -0.2) is 0 Å². The molecule has 0 N–H and O–H groups in total. The second-order valence-corrected chi connectivity index (χ2v) is 13.3. The van der Waals surface area contributed by atoms with Crippen LogP contribution in [-0.4, -0.2) is 24.9 Å². The Labute approximate surface area is 261 Å². The lowest BCUT2D eigenvalue weighted by Gasteiger charge is -2.25. The van der Waals surface area contributed by atoms with Gasteiger partial charge in [-0.2, -0.15) is 0 Å². The first-order valence-electron chi connectivity index (χ1n) is 19.3. The van der Waals surface area contributed by atoms with Crippen molar-refractivity contribution in [3.8, 4) is 0 Å². The first kappa shape index (κ1) is 40.9. The van der Waals surface area contributed by atoms with Crippen molar-refractivity contribution in [2.24, 2.45) is 0 Å². The van der Waals surface area contributed by atoms with Crippen LogP contribution in [0.4, 0.5) is 0 Å². The van der Waals surface area contributed by atoms with Gasteiger partial charge >= 0.3 is 0 Å². The van der Waals surface area contributed by atoms with Crippen LogP contribution in [0.5, 0.6) is 0 Å². The molecule has 3 atom stereocenters. The Kier molecular flexibility index (Phi) is 34.3. The third-order valence-electron chi connectivity index (χ3n) is 8.92. The smallest absolute Gasteiger partial charge is 0.0813 e. The summed E-state index contributed by atoms with van der Waals surface area (Å²) in [4.78, 5) is 0. The zero-order valence-electron chi connectivity index (χ0n) is 29.2. The van der Waals surface area contributed by atoms with E-state index in [-0.39, 0.29) is 6.10 Å². The van der Waals surface area contributed by atoms with Crippen LogP contribution < -0.4 is 0 Å². The molecule has 0 heterocycles. The van der Waals surface area contributed by atoms with Crippen molar-refractivity contribution < 1.29 is 9.47 Å². The number of unbranched alkanes of at least 4 members (excludes halogenated alkanes) is 22. The Morgan fingerprint density at radius 1 is 0.366 bits per heavy atom. The molecule has 0 aromatic rings. The molecule has 1 radical (unpaired) electrons. The normalized spacial score (nSPS) is 14.0. The van der Waals surface area contributed by atoms with E-state index >= 15 is 0 Å². The van der Waals surface area contributed by atoms with E-state index in [1.54, 1.807) is 0 Å². The van der Waals surface area contributed by atoms with Gasteiger partial charge in [0.15, 0.2) is 0 Å². The maximum Gasteiger partial charge on any atom is 0.0813 e. The van der Waals surface area contributed by atoms with Gasteiger partial charge in [0.2, 0.25) is 0 Å². The van der Waals surface area contributed by atoms with Crippen LogP contribution in [0, 0.1) is 6.92 Å². The average Bonchev–Trinajstić information content (AvgIpc) is 2.97. The molecule has 0 saturated carbocycles. The van der Waals surface area contributed by atoms with Gasteiger partial charge in [0.05, 0.1) is 24.9 Å². The molecule has 0 bridgehead atoms. The number of hydrogen-bond acceptors (Lipinski definition) is 2. The zero-order chi connectivity index (χ0) is 30.1. The molecule has 2 nitrogen and oxygen atoms in total. The lowest BCUT2D eigenvalue weighted by Crippen LogP contribution is -2.27. The minimum atomic E-state index is -0.0363. The largest absolute Gasteiger partial charge is 0.376 e. The highest BCUT2D eigenvalue weighted by Gasteiger charge is 2.16. The molecule has 0 aromatic heterocycles. The summed E-state index contributed by atoms with van der Waals surface area (Å²) in [5.41, 5.74) is 0. The van der Waals surface area contributed by atoms with Gasteiger partial charge in [0, 0.05) is 0 Å². The van der Waals surface area contributed by atoms with Crippen molar-refractivity contribution in [3.63, 3.8) is 0 Å². The fraction of sp³-hybridized carbons (Fsp3) is 0.974. The minimum absolute atomic E-state index is 0.0363. The SMILES string of the molecule is [CH2]C(COC(CCCCCCCC)CCCCCCCCC)OC(CCCCCCCC)CCCCCCCCC. The van der Waals surface area contributed by atoms with E-state index < -0.39 is 0 Å². The standard InChI is InChI=1S/C39H79O2/c1-6-10-14-18-22-26-29-33-38(32-28-24-20-16-12-8-3)40-36-37(5)41-39(34-30-25-21-17-13-9-4)35-31-27-23-19-15-11-7-2/h37-39H,5-36H2,1-4H3. The van der Waals surface area contributed by atoms with E-state index in [2.05, 4.69) is 34.6 Å². The molecule has 0 spiro atoms. The van der Waals surface area contributed by atoms with Crippen molar-refractivity contribution in [2.75, 3.05) is 6.61 Å². The van der Waals surface area contributed by atoms with E-state index in [9.17, 15) is 0 Å². The highest BCUT2D eigenvalue weighted by atomic mass is 16.5. The van der Waals surface area contributed by atoms with Crippen molar-refractivity contribution >= 4 is 0 Å². The fourth-order valence-corrected chi connectivity index (χ4v) is 6.11. The third kappa shape index (κ3) is 31.2. The maximum atomic E-state index is 6.59. The third-order valence-corrected chi connectivity index (χ3v) is 8.92. The second kappa shape index (κ2) is 34.4. The van der Waals surface area contributed by atoms with Crippen LogP contribution in [0.25, 0.3) is 0 Å². The quantitative estimate of drug-likeness (QED) is 0.0695. The summed E-state index contributed by atoms with van der Waals surface area (Å²) in [5, 5.41) is 0. The second-order valence-electron chi connectivity index (χ2n) is 13.3. The molecule has 0 amide bonds. The molecule has 247 valence electrons. The predicted octanol–water partition coefficient (Wildman–Crippen LogP) is 13.7. The first-order chi connectivity index (χ1) is 20.2. The van der Waals surface area contributed by atoms with Crippen LogP contribution >= 0.6 is 0 Å². The molecular formula is C39H79O2. The van der Waals surface area contributed by atoms with E-state index in [0.29, 0.717) is 18.8 Å². The first-order valence-corrected chi connectivity index (χ1v) is 19.3. The average molecular weight is 580 g/mol. The van der Waals surface area contributed by atoms with Crippen LogP contribution in [0.15, 0.2) is 0 Å². The monoisotopic (exact) mass is 580 g/mol. The lowest BCUT2D eigenvalue weighted by atomic mass is 10.0. The fourth-order valence-electron chi connectivity index (χ4n) is 6.11. The van der Waals surface area contributed by atoms with Crippen LogP contribution in [-0.2, 0) is 9.47 Å². The summed E-state index contributed by atoms with van der Waals surface area (Å²) in [6.45, 7) is 14.3. The highest BCUT2D eigenvalue weighted by molar-refractivity contribution is 4.69. The van der Waals surface area contributed by atoms with Gasteiger partial charge in [-0.1, -0.05) is 195 Å². The number of ether oxygens (including phenoxy) is 2. The van der Waals surface area contributed by atoms with Gasteiger partial charge in [0.1, 0.15) is 0 Å². The van der Waals surface area contributed by atoms with Crippen LogP contribution in [0.2, 0.25) is 0 Å². The van der Waals surface area contributed by atoms with E-state index in [1.165, 1.54) is 193 Å². The van der Waals surface area contributed by atoms with Crippen molar-refractivity contribution in [1.82, 2.24) is 0 Å². The highest BCUT2D eigenvalue weighted by Crippen LogP contribution is 2.21. The Morgan fingerprint density at radius 3 is 0.951 bits per heavy atom. The molecule has 0 aliphatic carbocycles. The molecule has 2 heteroatoms. The van der Waals surface area contributed by atoms with Gasteiger partial charge < -0.3 is 9.47 Å². The zero-order valence-corrected chi connectivity index (χ0v) is 29.2. The number of rotatable bonds is 35. The Morgan fingerprint density at radius 2 is 0.634 bits per heavy atom. The van der Waals surface area contributed by atoms with Crippen LogP contribution in [0.1, 0.15) is 220 Å². The van der Waals surface area contributed by atoms with E-state index in [0.717, 1.165) is 0 Å². The molecule has 0 aliphatic heterocycles. The summed E-state index contributed by atoms with van der Waals surface area (Å²) in [6, 6.07) is 0. The molecule has 0 fully saturated rings. The lowest BCUT2D eigenvalue weighted by molar-refractivity contribution is -0.0655. The van der Waals surface area contributed by atoms with E-state index in [1.807, 2.05) is 0 Å². The van der Waals surface area contributed by atoms with Crippen LogP contribution in [0.3, 0.4) is 0 Å². The van der Waals surface area contributed by atoms with Gasteiger partial charge in [-0.3, -0.25) is 0 Å². The summed E-state index contributed by atoms with van der Waals surface area (Å²) in [7, 11) is 0. The molecule has 0 rings (SSSR count). The summed E-state index contributed by atoms with van der Waals surface area (Å²) in [5.74, 6) is 0. The molecular weight excluding hydrogens is 500 g/mol. The molecule has 3 unspecified atom stereocenters. The maximum absolute atomic E-state index is 6.59. The summed E-state index contributed by atoms with van der Waals surface area (Å²) in [6.07, 6.45) is 41.1. The minimum Gasteiger partial charge on any atom is -0.376 e. The van der Waals surface area contributed by atoms with Crippen molar-refractivity contribution in [3.05, 3.63) is 6.92 Å². The Hall–Kier alpha value is -0.0800. The van der Waals surface area contributed by atoms with Gasteiger partial charge in [-0.15, -0.1) is 0 Å². The van der Waals surface area contributed by atoms with E-state index in [4.69, 9.17) is 9.47 Å². The van der Waals surface area contributed by atoms with Gasteiger partial charge in [0.25, 0.3) is 0 Å². The topological polar surface area (TPSA) is 18.5 Å². The van der Waals surface area contributed by atoms with Crippen molar-refractivity contribution in [1.29, 1.82) is 0 Å². The Balaban J connectivity index is 4.57. The molecule has 41 heavy (non-hydrogen) atoms. The summed E-state index contributed by atoms with van der Waals surface area (Å²) >= 11 is 0.